The van der Waals surface area contributed by atoms with Crippen LogP contribution in [0.4, 0.5) is 0 Å². The second kappa shape index (κ2) is 6.36. The number of amides is 1. The summed E-state index contributed by atoms with van der Waals surface area (Å²) in [6.07, 6.45) is 4.30. The zero-order chi connectivity index (χ0) is 17.2. The van der Waals surface area contributed by atoms with Gasteiger partial charge in [-0.25, -0.2) is 4.79 Å². The average molecular weight is 317 g/mol. The number of carbonyl (C=O) groups is 1. The van der Waals surface area contributed by atoms with Gasteiger partial charge in [-0.15, -0.1) is 0 Å². The molecule has 7 nitrogen and oxygen atoms in total. The maximum atomic E-state index is 12.5. The lowest BCUT2D eigenvalue weighted by molar-refractivity contribution is 0.0929. The lowest BCUT2D eigenvalue weighted by Crippen LogP contribution is -2.32. The van der Waals surface area contributed by atoms with Gasteiger partial charge in [-0.2, -0.15) is 10.1 Å². The molecule has 0 saturated carbocycles. The minimum atomic E-state index is -0.517. The van der Waals surface area contributed by atoms with Crippen LogP contribution >= 0.6 is 0 Å². The molecule has 7 heteroatoms. The number of nitrogens with zero attached hydrogens (tertiary/aromatic N) is 3. The van der Waals surface area contributed by atoms with Crippen LogP contribution in [-0.4, -0.2) is 25.7 Å². The van der Waals surface area contributed by atoms with Crippen LogP contribution in [0.25, 0.3) is 0 Å². The molecule has 2 aromatic rings. The molecule has 23 heavy (non-hydrogen) atoms. The normalized spacial score (nSPS) is 12.9. The number of aromatic nitrogens is 4. The van der Waals surface area contributed by atoms with E-state index in [1.165, 1.54) is 0 Å². The van der Waals surface area contributed by atoms with E-state index in [2.05, 4.69) is 20.4 Å². The molecule has 2 rings (SSSR count). The number of hydrogen-bond donors (Lipinski definition) is 2. The fourth-order valence-corrected chi connectivity index (χ4v) is 2.25. The van der Waals surface area contributed by atoms with Crippen LogP contribution in [0.2, 0.25) is 0 Å². The molecule has 1 amide bonds. The van der Waals surface area contributed by atoms with Gasteiger partial charge in [0.2, 0.25) is 0 Å². The lowest BCUT2D eigenvalue weighted by Gasteiger charge is -2.19. The Balaban J connectivity index is 2.26. The van der Waals surface area contributed by atoms with Gasteiger partial charge in [-0.05, 0) is 12.5 Å². The molecule has 0 fully saturated rings. The van der Waals surface area contributed by atoms with Crippen molar-refractivity contribution in [2.45, 2.75) is 45.6 Å². The Morgan fingerprint density at radius 2 is 2.13 bits per heavy atom. The van der Waals surface area contributed by atoms with E-state index < -0.39 is 5.69 Å². The molecule has 0 saturated heterocycles. The molecular weight excluding hydrogens is 294 g/mol. The van der Waals surface area contributed by atoms with Gasteiger partial charge >= 0.3 is 5.69 Å². The van der Waals surface area contributed by atoms with Crippen molar-refractivity contribution < 1.29 is 4.79 Å². The van der Waals surface area contributed by atoms with Crippen LogP contribution in [0, 0.1) is 0 Å². The van der Waals surface area contributed by atoms with Gasteiger partial charge < -0.3 is 10.3 Å². The van der Waals surface area contributed by atoms with Crippen molar-refractivity contribution in [2.75, 3.05) is 0 Å². The molecule has 0 aliphatic rings. The summed E-state index contributed by atoms with van der Waals surface area (Å²) in [5, 5.41) is 7.03. The van der Waals surface area contributed by atoms with Crippen molar-refractivity contribution in [3.05, 3.63) is 45.9 Å². The van der Waals surface area contributed by atoms with Crippen LogP contribution < -0.4 is 11.0 Å². The summed E-state index contributed by atoms with van der Waals surface area (Å²) in [7, 11) is 1.83. The summed E-state index contributed by atoms with van der Waals surface area (Å²) < 4.78 is 1.69. The first-order chi connectivity index (χ1) is 10.7. The van der Waals surface area contributed by atoms with Crippen molar-refractivity contribution >= 4 is 5.91 Å². The Morgan fingerprint density at radius 1 is 1.43 bits per heavy atom. The highest BCUT2D eigenvalue weighted by atomic mass is 16.2. The number of aryl methyl sites for hydroxylation is 1. The van der Waals surface area contributed by atoms with E-state index >= 15 is 0 Å². The first-order valence-corrected chi connectivity index (χ1v) is 7.62. The average Bonchev–Trinajstić information content (AvgIpc) is 2.89. The van der Waals surface area contributed by atoms with Gasteiger partial charge in [0.1, 0.15) is 5.69 Å². The Labute approximate surface area is 135 Å². The van der Waals surface area contributed by atoms with Crippen molar-refractivity contribution in [1.29, 1.82) is 0 Å². The Hall–Kier alpha value is -2.44. The highest BCUT2D eigenvalue weighted by molar-refractivity contribution is 5.92. The number of hydrogen-bond acceptors (Lipinski definition) is 4. The van der Waals surface area contributed by atoms with E-state index in [-0.39, 0.29) is 23.1 Å². The summed E-state index contributed by atoms with van der Waals surface area (Å²) >= 11 is 0. The SMILES string of the molecule is CC[C@H](NC(=O)c1cc(C(C)(C)C)[nH]c(=O)n1)c1cnn(C)c1. The first kappa shape index (κ1) is 16.9. The van der Waals surface area contributed by atoms with Gasteiger partial charge in [0.15, 0.2) is 0 Å². The standard InChI is InChI=1S/C16H23N5O2/c1-6-11(10-8-17-21(5)9-10)18-14(22)12-7-13(16(2,3)4)20-15(23)19-12/h7-9,11H,6H2,1-5H3,(H,18,22)(H,19,20,23)/t11-/m0/s1. The Morgan fingerprint density at radius 3 is 2.65 bits per heavy atom. The minimum Gasteiger partial charge on any atom is -0.344 e. The Bertz CT molecular complexity index is 754. The third-order valence-electron chi connectivity index (χ3n) is 3.63. The molecule has 2 aromatic heterocycles. The Kier molecular flexibility index (Phi) is 4.68. The zero-order valence-electron chi connectivity index (χ0n) is 14.2. The molecule has 0 bridgehead atoms. The summed E-state index contributed by atoms with van der Waals surface area (Å²) in [6, 6.07) is 1.46. The fourth-order valence-electron chi connectivity index (χ4n) is 2.25. The van der Waals surface area contributed by atoms with Crippen LogP contribution in [0.3, 0.4) is 0 Å². The molecular formula is C16H23N5O2. The molecule has 1 atom stereocenters. The minimum absolute atomic E-state index is 0.126. The molecule has 2 heterocycles. The van der Waals surface area contributed by atoms with Crippen molar-refractivity contribution in [3.8, 4) is 0 Å². The summed E-state index contributed by atoms with van der Waals surface area (Å²) in [5.74, 6) is -0.364. The largest absolute Gasteiger partial charge is 0.345 e. The van der Waals surface area contributed by atoms with Crippen molar-refractivity contribution in [3.63, 3.8) is 0 Å². The van der Waals surface area contributed by atoms with Gasteiger partial charge in [0.05, 0.1) is 12.2 Å². The van der Waals surface area contributed by atoms with E-state index in [1.807, 2.05) is 40.9 Å². The maximum absolute atomic E-state index is 12.5. The molecule has 124 valence electrons. The summed E-state index contributed by atoms with van der Waals surface area (Å²) in [5.41, 5.74) is 0.935. The van der Waals surface area contributed by atoms with Gasteiger partial charge in [-0.1, -0.05) is 27.7 Å². The molecule has 0 aliphatic carbocycles. The van der Waals surface area contributed by atoms with E-state index in [4.69, 9.17) is 0 Å². The van der Waals surface area contributed by atoms with E-state index in [9.17, 15) is 9.59 Å². The van der Waals surface area contributed by atoms with Crippen molar-refractivity contribution in [2.24, 2.45) is 7.05 Å². The highest BCUT2D eigenvalue weighted by Gasteiger charge is 2.21. The smallest absolute Gasteiger partial charge is 0.344 e. The number of nitrogens with one attached hydrogen (secondary N) is 2. The van der Waals surface area contributed by atoms with Crippen LogP contribution in [-0.2, 0) is 12.5 Å². The summed E-state index contributed by atoms with van der Waals surface area (Å²) in [4.78, 5) is 30.7. The predicted molar refractivity (Wildman–Crippen MR) is 87.3 cm³/mol. The van der Waals surface area contributed by atoms with E-state index in [0.29, 0.717) is 12.1 Å². The first-order valence-electron chi connectivity index (χ1n) is 7.62. The molecule has 0 unspecified atom stereocenters. The second-order valence-electron chi connectivity index (χ2n) is 6.62. The molecule has 2 N–H and O–H groups in total. The fraction of sp³-hybridized carbons (Fsp3) is 0.500. The number of H-pyrrole nitrogens is 1. The molecule has 0 spiro atoms. The monoisotopic (exact) mass is 317 g/mol. The number of aromatic amines is 1. The van der Waals surface area contributed by atoms with E-state index in [0.717, 1.165) is 5.56 Å². The van der Waals surface area contributed by atoms with Gasteiger partial charge in [0, 0.05) is 29.9 Å². The van der Waals surface area contributed by atoms with Gasteiger partial charge in [0.25, 0.3) is 5.91 Å². The topological polar surface area (TPSA) is 92.7 Å². The van der Waals surface area contributed by atoms with Crippen LogP contribution in [0.1, 0.15) is 61.9 Å². The van der Waals surface area contributed by atoms with Crippen LogP contribution in [0.5, 0.6) is 0 Å². The predicted octanol–water partition coefficient (Wildman–Crippen LogP) is 1.68. The highest BCUT2D eigenvalue weighted by Crippen LogP contribution is 2.20. The lowest BCUT2D eigenvalue weighted by atomic mass is 9.91. The third-order valence-corrected chi connectivity index (χ3v) is 3.63. The maximum Gasteiger partial charge on any atom is 0.345 e. The number of rotatable bonds is 4. The molecule has 0 aliphatic heterocycles. The van der Waals surface area contributed by atoms with Crippen molar-refractivity contribution in [1.82, 2.24) is 25.1 Å². The van der Waals surface area contributed by atoms with Gasteiger partial charge in [-0.3, -0.25) is 9.48 Å². The van der Waals surface area contributed by atoms with E-state index in [1.54, 1.807) is 16.9 Å². The third kappa shape index (κ3) is 4.06. The molecule has 0 aromatic carbocycles. The molecule has 0 radical (unpaired) electrons. The number of carbonyl (C=O) groups excluding carboxylic acids is 1. The quantitative estimate of drug-likeness (QED) is 0.897. The summed E-state index contributed by atoms with van der Waals surface area (Å²) in [6.45, 7) is 7.86. The van der Waals surface area contributed by atoms with Crippen LogP contribution in [0.15, 0.2) is 23.3 Å². The second-order valence-corrected chi connectivity index (χ2v) is 6.62. The zero-order valence-corrected chi connectivity index (χ0v) is 14.2.